The highest BCUT2D eigenvalue weighted by atomic mass is 16.4. The summed E-state index contributed by atoms with van der Waals surface area (Å²) < 4.78 is 0. The van der Waals surface area contributed by atoms with Crippen LogP contribution in [0, 0.1) is 11.8 Å². The van der Waals surface area contributed by atoms with Gasteiger partial charge in [0, 0.05) is 6.42 Å². The highest BCUT2D eigenvalue weighted by Crippen LogP contribution is 2.13. The van der Waals surface area contributed by atoms with E-state index in [-0.39, 0.29) is 49.0 Å². The molecule has 4 amide bonds. The summed E-state index contributed by atoms with van der Waals surface area (Å²) in [5, 5.41) is 38.8. The largest absolute Gasteiger partial charge is 0.508 e. The molecule has 0 fully saturated rings. The van der Waals surface area contributed by atoms with Crippen molar-refractivity contribution < 1.29 is 39.3 Å². The summed E-state index contributed by atoms with van der Waals surface area (Å²) >= 11 is 0. The first-order valence-electron chi connectivity index (χ1n) is 14.9. The van der Waals surface area contributed by atoms with Gasteiger partial charge >= 0.3 is 5.97 Å². The predicted molar refractivity (Wildman–Crippen MR) is 167 cm³/mol. The molecule has 13 heteroatoms. The Labute approximate surface area is 263 Å². The van der Waals surface area contributed by atoms with Gasteiger partial charge in [0.05, 0.1) is 12.6 Å². The number of phenolic OH excluding ortho intramolecular Hbond substituents is 2. The van der Waals surface area contributed by atoms with Gasteiger partial charge in [0.1, 0.15) is 29.6 Å². The quantitative estimate of drug-likeness (QED) is 0.125. The summed E-state index contributed by atoms with van der Waals surface area (Å²) in [7, 11) is 0. The van der Waals surface area contributed by atoms with Crippen LogP contribution in [-0.2, 0) is 36.8 Å². The van der Waals surface area contributed by atoms with Crippen molar-refractivity contribution in [3.05, 3.63) is 59.7 Å². The highest BCUT2D eigenvalue weighted by molar-refractivity contribution is 5.94. The summed E-state index contributed by atoms with van der Waals surface area (Å²) in [6.07, 6.45) is 0.613. The van der Waals surface area contributed by atoms with Crippen molar-refractivity contribution in [2.75, 3.05) is 6.54 Å². The second-order valence-electron chi connectivity index (χ2n) is 11.9. The topological polar surface area (TPSA) is 220 Å². The number of hydrogen-bond acceptors (Lipinski definition) is 8. The zero-order valence-electron chi connectivity index (χ0n) is 26.1. The minimum Gasteiger partial charge on any atom is -0.508 e. The van der Waals surface area contributed by atoms with E-state index in [9.17, 15) is 39.3 Å². The van der Waals surface area contributed by atoms with Crippen molar-refractivity contribution in [3.63, 3.8) is 0 Å². The van der Waals surface area contributed by atoms with Crippen molar-refractivity contribution in [2.45, 2.75) is 77.5 Å². The van der Waals surface area contributed by atoms with Gasteiger partial charge in [-0.1, -0.05) is 52.0 Å². The van der Waals surface area contributed by atoms with Crippen LogP contribution in [0.1, 0.15) is 51.7 Å². The number of carboxylic acid groups (broad SMARTS) is 1. The smallest absolute Gasteiger partial charge is 0.326 e. The van der Waals surface area contributed by atoms with E-state index < -0.39 is 60.3 Å². The lowest BCUT2D eigenvalue weighted by atomic mass is 10.0. The maximum atomic E-state index is 13.1. The predicted octanol–water partition coefficient (Wildman–Crippen LogP) is 0.958. The summed E-state index contributed by atoms with van der Waals surface area (Å²) in [6, 6.07) is 7.91. The van der Waals surface area contributed by atoms with Crippen molar-refractivity contribution in [1.82, 2.24) is 21.3 Å². The molecule has 0 saturated carbocycles. The van der Waals surface area contributed by atoms with Gasteiger partial charge in [-0.05, 0) is 66.5 Å². The van der Waals surface area contributed by atoms with Crippen LogP contribution >= 0.6 is 0 Å². The standard InChI is InChI=1S/C32H45N5O8/c1-18(2)13-25(36-29(41)24(33)15-20-5-9-22(38)10-6-20)30(42)34-17-28(40)35-26(16-21-7-11-23(39)12-8-21)31(43)37-27(32(44)45)14-19(3)4/h5-12,18-19,24-27,38-39H,13-17,33H2,1-4H3,(H,34,42)(H,35,40)(H,36,41)(H,37,43)(H,44,45)/t24-,25-,26-,27-/m0/s1. The van der Waals surface area contributed by atoms with E-state index in [1.807, 2.05) is 27.7 Å². The molecule has 0 aromatic heterocycles. The van der Waals surface area contributed by atoms with Gasteiger partial charge in [0.2, 0.25) is 23.6 Å². The average Bonchev–Trinajstić information content (AvgIpc) is 2.96. The zero-order valence-corrected chi connectivity index (χ0v) is 26.1. The molecule has 246 valence electrons. The number of benzene rings is 2. The van der Waals surface area contributed by atoms with Crippen LogP contribution in [0.4, 0.5) is 0 Å². The van der Waals surface area contributed by atoms with E-state index in [0.29, 0.717) is 5.56 Å². The van der Waals surface area contributed by atoms with Crippen molar-refractivity contribution in [3.8, 4) is 11.5 Å². The summed E-state index contributed by atoms with van der Waals surface area (Å²) in [5.74, 6) is -3.74. The molecule has 13 nitrogen and oxygen atoms in total. The van der Waals surface area contributed by atoms with E-state index in [2.05, 4.69) is 21.3 Å². The van der Waals surface area contributed by atoms with Gasteiger partial charge in [-0.15, -0.1) is 0 Å². The van der Waals surface area contributed by atoms with Crippen LogP contribution in [0.25, 0.3) is 0 Å². The molecule has 9 N–H and O–H groups in total. The maximum absolute atomic E-state index is 13.1. The highest BCUT2D eigenvalue weighted by Gasteiger charge is 2.29. The molecule has 0 radical (unpaired) electrons. The van der Waals surface area contributed by atoms with E-state index in [0.717, 1.165) is 5.56 Å². The van der Waals surface area contributed by atoms with Gasteiger partial charge in [-0.2, -0.15) is 0 Å². The molecule has 4 atom stereocenters. The number of nitrogens with two attached hydrogens (primary N) is 1. The average molecular weight is 628 g/mol. The van der Waals surface area contributed by atoms with Gasteiger partial charge in [-0.3, -0.25) is 19.2 Å². The first kappa shape index (κ1) is 36.5. The minimum atomic E-state index is -1.21. The Kier molecular flexibility index (Phi) is 14.3. The molecule has 0 spiro atoms. The molecule has 0 aliphatic carbocycles. The van der Waals surface area contributed by atoms with Crippen LogP contribution in [0.3, 0.4) is 0 Å². The zero-order chi connectivity index (χ0) is 33.7. The second-order valence-corrected chi connectivity index (χ2v) is 11.9. The van der Waals surface area contributed by atoms with Gasteiger partial charge in [0.25, 0.3) is 0 Å². The first-order chi connectivity index (χ1) is 21.1. The number of nitrogens with one attached hydrogen (secondary N) is 4. The van der Waals surface area contributed by atoms with Crippen LogP contribution in [0.5, 0.6) is 11.5 Å². The molecule has 45 heavy (non-hydrogen) atoms. The first-order valence-corrected chi connectivity index (χ1v) is 14.9. The molecule has 0 unspecified atom stereocenters. The number of carbonyl (C=O) groups is 5. The number of hydrogen-bond donors (Lipinski definition) is 8. The van der Waals surface area contributed by atoms with Crippen molar-refractivity contribution in [2.24, 2.45) is 17.6 Å². The molecule has 2 rings (SSSR count). The minimum absolute atomic E-state index is 0.00889. The third kappa shape index (κ3) is 13.3. The van der Waals surface area contributed by atoms with Crippen LogP contribution in [-0.4, -0.2) is 75.6 Å². The van der Waals surface area contributed by atoms with Crippen LogP contribution in [0.2, 0.25) is 0 Å². The number of aliphatic carboxylic acids is 1. The Morgan fingerprint density at radius 3 is 1.60 bits per heavy atom. The van der Waals surface area contributed by atoms with E-state index in [4.69, 9.17) is 5.73 Å². The summed E-state index contributed by atoms with van der Waals surface area (Å²) in [4.78, 5) is 63.7. The Balaban J connectivity index is 2.07. The maximum Gasteiger partial charge on any atom is 0.326 e. The van der Waals surface area contributed by atoms with E-state index >= 15 is 0 Å². The second kappa shape index (κ2) is 17.6. The van der Waals surface area contributed by atoms with Gasteiger partial charge in [-0.25, -0.2) is 4.79 Å². The number of aromatic hydroxyl groups is 2. The number of rotatable bonds is 17. The fourth-order valence-electron chi connectivity index (χ4n) is 4.54. The number of phenols is 2. The third-order valence-corrected chi connectivity index (χ3v) is 6.84. The van der Waals surface area contributed by atoms with Crippen molar-refractivity contribution >= 4 is 29.6 Å². The molecule has 0 aliphatic heterocycles. The van der Waals surface area contributed by atoms with Gasteiger partial charge in [0.15, 0.2) is 0 Å². The molecule has 2 aromatic rings. The Morgan fingerprint density at radius 1 is 0.644 bits per heavy atom. The number of amides is 4. The lowest BCUT2D eigenvalue weighted by Gasteiger charge is -2.24. The molecular weight excluding hydrogens is 582 g/mol. The van der Waals surface area contributed by atoms with E-state index in [1.54, 1.807) is 24.3 Å². The lowest BCUT2D eigenvalue weighted by molar-refractivity contribution is -0.142. The molecule has 0 aliphatic rings. The SMILES string of the molecule is CC(C)C[C@H](NC(=O)[C@H](Cc1ccc(O)cc1)NC(=O)CNC(=O)[C@H](CC(C)C)NC(=O)[C@@H](N)Cc1ccc(O)cc1)C(=O)O. The number of carboxylic acids is 1. The molecule has 0 heterocycles. The fourth-order valence-corrected chi connectivity index (χ4v) is 4.54. The molecule has 0 saturated heterocycles. The normalized spacial score (nSPS) is 13.8. The fraction of sp³-hybridized carbons (Fsp3) is 0.469. The Bertz CT molecular complexity index is 1300. The molecular formula is C32H45N5O8. The van der Waals surface area contributed by atoms with Crippen molar-refractivity contribution in [1.29, 1.82) is 0 Å². The van der Waals surface area contributed by atoms with Crippen LogP contribution < -0.4 is 27.0 Å². The monoisotopic (exact) mass is 627 g/mol. The van der Waals surface area contributed by atoms with Gasteiger partial charge < -0.3 is 42.3 Å². The van der Waals surface area contributed by atoms with E-state index in [1.165, 1.54) is 24.3 Å². The van der Waals surface area contributed by atoms with Crippen LogP contribution in [0.15, 0.2) is 48.5 Å². The summed E-state index contributed by atoms with van der Waals surface area (Å²) in [6.45, 7) is 6.85. The Hall–Kier alpha value is -4.65. The summed E-state index contributed by atoms with van der Waals surface area (Å²) in [5.41, 5.74) is 7.38. The lowest BCUT2D eigenvalue weighted by Crippen LogP contribution is -2.56. The third-order valence-electron chi connectivity index (χ3n) is 6.84. The number of carbonyl (C=O) groups excluding carboxylic acids is 4. The molecule has 0 bridgehead atoms. The molecule has 2 aromatic carbocycles. The Morgan fingerprint density at radius 2 is 1.11 bits per heavy atom.